The van der Waals surface area contributed by atoms with Gasteiger partial charge in [-0.2, -0.15) is 0 Å². The Labute approximate surface area is 146 Å². The molecule has 0 aliphatic carbocycles. The third-order valence-corrected chi connectivity index (χ3v) is 4.06. The second-order valence-corrected chi connectivity index (χ2v) is 6.25. The number of ether oxygens (including phenoxy) is 1. The van der Waals surface area contributed by atoms with Gasteiger partial charge in [0.25, 0.3) is 5.91 Å². The maximum atomic E-state index is 12.7. The average Bonchev–Trinajstić information content (AvgIpc) is 2.59. The lowest BCUT2D eigenvalue weighted by molar-refractivity contribution is 0.0931. The standard InChI is InChI=1S/C19H22BrNO2/c1-3-12-23-18-11-10-15(20)13-16(18)19(22)21-17(4-2)14-8-6-5-7-9-14/h5-11,13,17H,3-4,12H2,1-2H3,(H,21,22). The van der Waals surface area contributed by atoms with Crippen molar-refractivity contribution < 1.29 is 9.53 Å². The van der Waals surface area contributed by atoms with Gasteiger partial charge in [-0.05, 0) is 36.6 Å². The van der Waals surface area contributed by atoms with Crippen molar-refractivity contribution in [3.8, 4) is 5.75 Å². The summed E-state index contributed by atoms with van der Waals surface area (Å²) in [6, 6.07) is 15.5. The van der Waals surface area contributed by atoms with Gasteiger partial charge in [-0.15, -0.1) is 0 Å². The van der Waals surface area contributed by atoms with E-state index in [2.05, 4.69) is 28.2 Å². The molecule has 0 aromatic heterocycles. The molecule has 2 aromatic carbocycles. The maximum Gasteiger partial charge on any atom is 0.255 e. The van der Waals surface area contributed by atoms with Gasteiger partial charge in [-0.1, -0.05) is 60.1 Å². The number of carbonyl (C=O) groups excluding carboxylic acids is 1. The summed E-state index contributed by atoms with van der Waals surface area (Å²) in [5, 5.41) is 3.10. The van der Waals surface area contributed by atoms with Gasteiger partial charge in [0.15, 0.2) is 0 Å². The third-order valence-electron chi connectivity index (χ3n) is 3.56. The van der Waals surface area contributed by atoms with E-state index in [1.54, 1.807) is 6.07 Å². The summed E-state index contributed by atoms with van der Waals surface area (Å²) in [5.74, 6) is 0.503. The molecule has 0 spiro atoms. The summed E-state index contributed by atoms with van der Waals surface area (Å²) in [6.07, 6.45) is 1.73. The Morgan fingerprint density at radius 1 is 1.17 bits per heavy atom. The molecule has 1 atom stereocenters. The molecule has 0 radical (unpaired) electrons. The molecule has 2 rings (SSSR count). The molecule has 23 heavy (non-hydrogen) atoms. The second kappa shape index (κ2) is 8.73. The molecule has 1 N–H and O–H groups in total. The molecular weight excluding hydrogens is 354 g/mol. The molecule has 1 unspecified atom stereocenters. The first kappa shape index (κ1) is 17.5. The Morgan fingerprint density at radius 2 is 1.91 bits per heavy atom. The van der Waals surface area contributed by atoms with Crippen molar-refractivity contribution in [3.63, 3.8) is 0 Å². The van der Waals surface area contributed by atoms with Crippen molar-refractivity contribution in [1.82, 2.24) is 5.32 Å². The zero-order valence-corrected chi connectivity index (χ0v) is 15.1. The largest absolute Gasteiger partial charge is 0.493 e. The molecule has 0 saturated carbocycles. The summed E-state index contributed by atoms with van der Waals surface area (Å²) >= 11 is 3.43. The molecule has 0 saturated heterocycles. The number of amides is 1. The number of hydrogen-bond donors (Lipinski definition) is 1. The van der Waals surface area contributed by atoms with Crippen LogP contribution in [0.25, 0.3) is 0 Å². The predicted octanol–water partition coefficient (Wildman–Crippen LogP) is 5.12. The number of carbonyl (C=O) groups is 1. The van der Waals surface area contributed by atoms with Crippen LogP contribution in [0, 0.1) is 0 Å². The molecule has 1 amide bonds. The number of nitrogens with one attached hydrogen (secondary N) is 1. The molecule has 3 nitrogen and oxygen atoms in total. The third kappa shape index (κ3) is 4.83. The fourth-order valence-corrected chi connectivity index (χ4v) is 2.72. The summed E-state index contributed by atoms with van der Waals surface area (Å²) in [4.78, 5) is 12.7. The summed E-state index contributed by atoms with van der Waals surface area (Å²) in [7, 11) is 0. The Hall–Kier alpha value is -1.81. The Balaban J connectivity index is 2.20. The van der Waals surface area contributed by atoms with E-state index in [0.717, 1.165) is 22.9 Å². The van der Waals surface area contributed by atoms with Gasteiger partial charge in [0.05, 0.1) is 18.2 Å². The zero-order chi connectivity index (χ0) is 16.7. The maximum absolute atomic E-state index is 12.7. The van der Waals surface area contributed by atoms with Crippen LogP contribution in [0.4, 0.5) is 0 Å². The molecule has 0 heterocycles. The minimum atomic E-state index is -0.117. The van der Waals surface area contributed by atoms with Crippen LogP contribution >= 0.6 is 15.9 Å². The van der Waals surface area contributed by atoms with Crippen LogP contribution in [0.5, 0.6) is 5.75 Å². The lowest BCUT2D eigenvalue weighted by Crippen LogP contribution is -2.28. The molecule has 2 aromatic rings. The molecule has 4 heteroatoms. The van der Waals surface area contributed by atoms with Crippen LogP contribution in [-0.2, 0) is 0 Å². The van der Waals surface area contributed by atoms with E-state index >= 15 is 0 Å². The van der Waals surface area contributed by atoms with Crippen LogP contribution in [0.15, 0.2) is 53.0 Å². The quantitative estimate of drug-likeness (QED) is 0.729. The Bertz CT molecular complexity index is 643. The number of benzene rings is 2. The van der Waals surface area contributed by atoms with Crippen molar-refractivity contribution in [1.29, 1.82) is 0 Å². The van der Waals surface area contributed by atoms with E-state index in [1.165, 1.54) is 0 Å². The highest BCUT2D eigenvalue weighted by Gasteiger charge is 2.18. The Kier molecular flexibility index (Phi) is 6.66. The number of rotatable bonds is 7. The highest BCUT2D eigenvalue weighted by molar-refractivity contribution is 9.10. The SMILES string of the molecule is CCCOc1ccc(Br)cc1C(=O)NC(CC)c1ccccc1. The number of halogens is 1. The molecule has 0 aliphatic rings. The van der Waals surface area contributed by atoms with Gasteiger partial charge in [-0.25, -0.2) is 0 Å². The van der Waals surface area contributed by atoms with Gasteiger partial charge >= 0.3 is 0 Å². The van der Waals surface area contributed by atoms with E-state index < -0.39 is 0 Å². The van der Waals surface area contributed by atoms with E-state index in [4.69, 9.17) is 4.74 Å². The van der Waals surface area contributed by atoms with Crippen LogP contribution in [-0.4, -0.2) is 12.5 Å². The monoisotopic (exact) mass is 375 g/mol. The summed E-state index contributed by atoms with van der Waals surface area (Å²) in [6.45, 7) is 4.70. The summed E-state index contributed by atoms with van der Waals surface area (Å²) < 4.78 is 6.56. The van der Waals surface area contributed by atoms with E-state index in [9.17, 15) is 4.79 Å². The van der Waals surface area contributed by atoms with E-state index in [1.807, 2.05) is 49.4 Å². The second-order valence-electron chi connectivity index (χ2n) is 5.33. The highest BCUT2D eigenvalue weighted by atomic mass is 79.9. The Morgan fingerprint density at radius 3 is 2.57 bits per heavy atom. The average molecular weight is 376 g/mol. The first-order chi connectivity index (χ1) is 11.2. The normalized spacial score (nSPS) is 11.8. The lowest BCUT2D eigenvalue weighted by atomic mass is 10.0. The van der Waals surface area contributed by atoms with E-state index in [0.29, 0.717) is 17.9 Å². The smallest absolute Gasteiger partial charge is 0.255 e. The minimum absolute atomic E-state index is 0.0123. The number of hydrogen-bond acceptors (Lipinski definition) is 2. The molecule has 0 fully saturated rings. The fourth-order valence-electron chi connectivity index (χ4n) is 2.36. The van der Waals surface area contributed by atoms with Crippen LogP contribution in [0.1, 0.15) is 48.7 Å². The van der Waals surface area contributed by atoms with Crippen molar-refractivity contribution in [3.05, 3.63) is 64.1 Å². The van der Waals surface area contributed by atoms with Gasteiger partial charge in [0.1, 0.15) is 5.75 Å². The van der Waals surface area contributed by atoms with Crippen LogP contribution in [0.2, 0.25) is 0 Å². The van der Waals surface area contributed by atoms with Gasteiger partial charge in [0, 0.05) is 4.47 Å². The van der Waals surface area contributed by atoms with Gasteiger partial charge < -0.3 is 10.1 Å². The highest BCUT2D eigenvalue weighted by Crippen LogP contribution is 2.25. The van der Waals surface area contributed by atoms with Gasteiger partial charge in [-0.3, -0.25) is 4.79 Å². The predicted molar refractivity (Wildman–Crippen MR) is 96.9 cm³/mol. The topological polar surface area (TPSA) is 38.3 Å². The molecule has 122 valence electrons. The first-order valence-corrected chi connectivity index (χ1v) is 8.73. The fraction of sp³-hybridized carbons (Fsp3) is 0.316. The van der Waals surface area contributed by atoms with E-state index in [-0.39, 0.29) is 11.9 Å². The van der Waals surface area contributed by atoms with Crippen molar-refractivity contribution in [2.75, 3.05) is 6.61 Å². The molecular formula is C19H22BrNO2. The molecule has 0 aliphatic heterocycles. The van der Waals surface area contributed by atoms with Crippen molar-refractivity contribution >= 4 is 21.8 Å². The van der Waals surface area contributed by atoms with Crippen molar-refractivity contribution in [2.45, 2.75) is 32.7 Å². The zero-order valence-electron chi connectivity index (χ0n) is 13.5. The summed E-state index contributed by atoms with van der Waals surface area (Å²) in [5.41, 5.74) is 1.66. The lowest BCUT2D eigenvalue weighted by Gasteiger charge is -2.19. The first-order valence-electron chi connectivity index (χ1n) is 7.93. The van der Waals surface area contributed by atoms with Gasteiger partial charge in [0.2, 0.25) is 0 Å². The molecule has 0 bridgehead atoms. The van der Waals surface area contributed by atoms with Crippen LogP contribution in [0.3, 0.4) is 0 Å². The van der Waals surface area contributed by atoms with Crippen molar-refractivity contribution in [2.24, 2.45) is 0 Å². The van der Waals surface area contributed by atoms with Crippen LogP contribution < -0.4 is 10.1 Å². The minimum Gasteiger partial charge on any atom is -0.493 e.